The van der Waals surface area contributed by atoms with Gasteiger partial charge in [-0.05, 0) is 13.8 Å². The van der Waals surface area contributed by atoms with Crippen molar-refractivity contribution in [2.45, 2.75) is 19.2 Å². The maximum Gasteiger partial charge on any atom is 0.134 e. The number of thioether (sulfide) groups is 1. The van der Waals surface area contributed by atoms with E-state index in [1.54, 1.807) is 0 Å². The Labute approximate surface area is 76.4 Å². The van der Waals surface area contributed by atoms with Crippen LogP contribution in [0.15, 0.2) is 0 Å². The normalized spacial score (nSPS) is 23.3. The van der Waals surface area contributed by atoms with Crippen molar-refractivity contribution in [2.75, 3.05) is 12.3 Å². The Kier molecular flexibility index (Phi) is 2.11. The Morgan fingerprint density at radius 1 is 1.50 bits per heavy atom. The van der Waals surface area contributed by atoms with Gasteiger partial charge in [-0.25, -0.2) is 4.98 Å². The minimum Gasteiger partial charge on any atom is -0.344 e. The molecule has 2 rings (SSSR count). The first-order valence-corrected chi connectivity index (χ1v) is 5.20. The number of hydrogen-bond donors (Lipinski definition) is 2. The van der Waals surface area contributed by atoms with Crippen molar-refractivity contribution in [3.8, 4) is 0 Å². The summed E-state index contributed by atoms with van der Waals surface area (Å²) in [5, 5.41) is 3.77. The van der Waals surface area contributed by atoms with Gasteiger partial charge >= 0.3 is 0 Å². The molecule has 1 aliphatic rings. The fraction of sp³-hybridized carbons (Fsp3) is 0.625. The van der Waals surface area contributed by atoms with Gasteiger partial charge in [-0.1, -0.05) is 0 Å². The highest BCUT2D eigenvalue weighted by atomic mass is 32.2. The lowest BCUT2D eigenvalue weighted by atomic mass is 10.4. The molecule has 4 heteroatoms. The number of nitrogens with zero attached hydrogens (tertiary/aromatic N) is 1. The average Bonchev–Trinajstić information content (AvgIpc) is 2.61. The molecule has 0 bridgehead atoms. The minimum atomic E-state index is 0.386. The van der Waals surface area contributed by atoms with Gasteiger partial charge in [0.05, 0.1) is 5.69 Å². The van der Waals surface area contributed by atoms with Crippen molar-refractivity contribution in [2.24, 2.45) is 0 Å². The zero-order valence-corrected chi connectivity index (χ0v) is 8.16. The van der Waals surface area contributed by atoms with E-state index in [-0.39, 0.29) is 0 Å². The summed E-state index contributed by atoms with van der Waals surface area (Å²) in [7, 11) is 0. The lowest BCUT2D eigenvalue weighted by Crippen LogP contribution is -2.13. The van der Waals surface area contributed by atoms with Crippen molar-refractivity contribution in [3.05, 3.63) is 17.2 Å². The van der Waals surface area contributed by atoms with Crippen LogP contribution in [0, 0.1) is 13.8 Å². The van der Waals surface area contributed by atoms with E-state index in [4.69, 9.17) is 0 Å². The average molecular weight is 183 g/mol. The molecule has 0 aromatic carbocycles. The van der Waals surface area contributed by atoms with Crippen molar-refractivity contribution in [3.63, 3.8) is 0 Å². The lowest BCUT2D eigenvalue weighted by molar-refractivity contribution is 0.716. The van der Waals surface area contributed by atoms with Crippen LogP contribution in [0.4, 0.5) is 0 Å². The highest BCUT2D eigenvalue weighted by Crippen LogP contribution is 2.28. The van der Waals surface area contributed by atoms with Gasteiger partial charge in [-0.15, -0.1) is 11.8 Å². The summed E-state index contributed by atoms with van der Waals surface area (Å²) in [5.41, 5.74) is 2.29. The lowest BCUT2D eigenvalue weighted by Gasteiger charge is -2.03. The van der Waals surface area contributed by atoms with Crippen LogP contribution in [0.2, 0.25) is 0 Å². The third-order valence-corrected chi connectivity index (χ3v) is 3.27. The van der Waals surface area contributed by atoms with Crippen LogP contribution in [-0.2, 0) is 0 Å². The number of rotatable bonds is 1. The monoisotopic (exact) mass is 183 g/mol. The fourth-order valence-corrected chi connectivity index (χ4v) is 2.28. The van der Waals surface area contributed by atoms with Crippen LogP contribution in [0.3, 0.4) is 0 Å². The zero-order valence-electron chi connectivity index (χ0n) is 7.35. The van der Waals surface area contributed by atoms with Crippen LogP contribution in [-0.4, -0.2) is 22.3 Å². The first-order chi connectivity index (χ1) is 5.77. The smallest absolute Gasteiger partial charge is 0.134 e. The molecular formula is C8H13N3S. The molecule has 0 saturated carbocycles. The van der Waals surface area contributed by atoms with Gasteiger partial charge in [0, 0.05) is 18.0 Å². The fourth-order valence-electron chi connectivity index (χ4n) is 1.30. The summed E-state index contributed by atoms with van der Waals surface area (Å²) in [5.74, 6) is 2.26. The number of aromatic amines is 1. The van der Waals surface area contributed by atoms with Gasteiger partial charge in [0.25, 0.3) is 0 Å². The molecule has 0 aliphatic carbocycles. The van der Waals surface area contributed by atoms with E-state index in [0.717, 1.165) is 18.1 Å². The number of aryl methyl sites for hydroxylation is 2. The second-order valence-corrected chi connectivity index (χ2v) is 4.25. The molecule has 0 amide bonds. The van der Waals surface area contributed by atoms with Crippen LogP contribution in [0.5, 0.6) is 0 Å². The van der Waals surface area contributed by atoms with Gasteiger partial charge < -0.3 is 4.98 Å². The van der Waals surface area contributed by atoms with Crippen LogP contribution in [0.25, 0.3) is 0 Å². The summed E-state index contributed by atoms with van der Waals surface area (Å²) < 4.78 is 0. The van der Waals surface area contributed by atoms with Crippen molar-refractivity contribution in [1.29, 1.82) is 0 Å². The molecule has 1 unspecified atom stereocenters. The first kappa shape index (κ1) is 8.13. The Balaban J connectivity index is 2.21. The van der Waals surface area contributed by atoms with E-state index in [2.05, 4.69) is 22.2 Å². The maximum absolute atomic E-state index is 4.45. The number of nitrogens with one attached hydrogen (secondary N) is 2. The Bertz CT molecular complexity index is 256. The minimum absolute atomic E-state index is 0.386. The number of aromatic nitrogens is 2. The van der Waals surface area contributed by atoms with Gasteiger partial charge in [0.2, 0.25) is 0 Å². The molecule has 1 saturated heterocycles. The molecule has 1 fully saturated rings. The quantitative estimate of drug-likeness (QED) is 0.690. The number of H-pyrrole nitrogens is 1. The van der Waals surface area contributed by atoms with E-state index in [0.29, 0.717) is 5.37 Å². The largest absolute Gasteiger partial charge is 0.344 e. The van der Waals surface area contributed by atoms with E-state index in [1.807, 2.05) is 18.7 Å². The molecule has 0 radical (unpaired) electrons. The van der Waals surface area contributed by atoms with E-state index < -0.39 is 0 Å². The molecule has 3 nitrogen and oxygen atoms in total. The van der Waals surface area contributed by atoms with Crippen LogP contribution in [0.1, 0.15) is 22.6 Å². The van der Waals surface area contributed by atoms with E-state index in [1.165, 1.54) is 11.4 Å². The first-order valence-electron chi connectivity index (χ1n) is 4.15. The predicted molar refractivity (Wildman–Crippen MR) is 51.3 cm³/mol. The van der Waals surface area contributed by atoms with Gasteiger partial charge in [0.1, 0.15) is 11.2 Å². The molecule has 12 heavy (non-hydrogen) atoms. The van der Waals surface area contributed by atoms with Gasteiger partial charge in [-0.2, -0.15) is 0 Å². The molecule has 2 N–H and O–H groups in total. The molecule has 2 heterocycles. The predicted octanol–water partition coefficient (Wildman–Crippen LogP) is 1.36. The number of imidazole rings is 1. The Morgan fingerprint density at radius 2 is 2.33 bits per heavy atom. The Hall–Kier alpha value is -0.480. The zero-order chi connectivity index (χ0) is 8.55. The van der Waals surface area contributed by atoms with E-state index in [9.17, 15) is 0 Å². The second-order valence-electron chi connectivity index (χ2n) is 3.04. The third-order valence-electron chi connectivity index (χ3n) is 2.11. The van der Waals surface area contributed by atoms with Crippen LogP contribution >= 0.6 is 11.8 Å². The molecular weight excluding hydrogens is 170 g/mol. The molecule has 66 valence electrons. The maximum atomic E-state index is 4.45. The summed E-state index contributed by atoms with van der Waals surface area (Å²) in [6, 6.07) is 0. The molecule has 1 atom stereocenters. The highest BCUT2D eigenvalue weighted by molar-refractivity contribution is 7.99. The second kappa shape index (κ2) is 3.11. The molecule has 1 aromatic heterocycles. The summed E-state index contributed by atoms with van der Waals surface area (Å²) in [6.45, 7) is 5.19. The van der Waals surface area contributed by atoms with Crippen molar-refractivity contribution >= 4 is 11.8 Å². The molecule has 0 spiro atoms. The molecule has 1 aliphatic heterocycles. The summed E-state index contributed by atoms with van der Waals surface area (Å²) in [4.78, 5) is 7.75. The van der Waals surface area contributed by atoms with Gasteiger partial charge in [0.15, 0.2) is 0 Å². The van der Waals surface area contributed by atoms with Crippen molar-refractivity contribution < 1.29 is 0 Å². The topological polar surface area (TPSA) is 40.7 Å². The standard InChI is InChI=1S/C8H13N3S/c1-5-6(2)11-7(10-5)8-9-3-4-12-8/h8-9H,3-4H2,1-2H3,(H,10,11). The van der Waals surface area contributed by atoms with Crippen molar-refractivity contribution in [1.82, 2.24) is 15.3 Å². The number of hydrogen-bond acceptors (Lipinski definition) is 3. The third kappa shape index (κ3) is 1.36. The summed E-state index contributed by atoms with van der Waals surface area (Å²) >= 11 is 1.91. The van der Waals surface area contributed by atoms with Crippen LogP contribution < -0.4 is 5.32 Å². The van der Waals surface area contributed by atoms with Gasteiger partial charge in [-0.3, -0.25) is 5.32 Å². The molecule has 1 aromatic rings. The Morgan fingerprint density at radius 3 is 2.83 bits per heavy atom. The van der Waals surface area contributed by atoms with E-state index >= 15 is 0 Å². The highest BCUT2D eigenvalue weighted by Gasteiger charge is 2.19. The SMILES string of the molecule is Cc1nc(C2NCCS2)[nH]c1C. The summed E-state index contributed by atoms with van der Waals surface area (Å²) in [6.07, 6.45) is 0.